The maximum Gasteiger partial charge on any atom is 0.139 e. The van der Waals surface area contributed by atoms with Gasteiger partial charge in [0.1, 0.15) is 5.82 Å². The van der Waals surface area contributed by atoms with E-state index in [1.54, 1.807) is 25.3 Å². The Kier molecular flexibility index (Phi) is 7.00. The average Bonchev–Trinajstić information content (AvgIpc) is 2.34. The molecule has 0 aliphatic heterocycles. The van der Waals surface area contributed by atoms with E-state index >= 15 is 0 Å². The molecule has 96 valence electrons. The SMILES string of the molecule is COCCNCCCS(=O)c1ccccc1F. The molecular formula is C12H18FNO2S. The molecule has 3 nitrogen and oxygen atoms in total. The second kappa shape index (κ2) is 8.33. The zero-order valence-corrected chi connectivity index (χ0v) is 10.8. The molecule has 0 saturated carbocycles. The van der Waals surface area contributed by atoms with Crippen LogP contribution in [0.4, 0.5) is 4.39 Å². The van der Waals surface area contributed by atoms with Crippen molar-refractivity contribution >= 4 is 10.8 Å². The third kappa shape index (κ3) is 5.39. The minimum absolute atomic E-state index is 0.296. The molecule has 1 unspecified atom stereocenters. The van der Waals surface area contributed by atoms with Gasteiger partial charge in [-0.15, -0.1) is 0 Å². The molecule has 1 atom stereocenters. The van der Waals surface area contributed by atoms with Crippen LogP contribution in [0.1, 0.15) is 6.42 Å². The van der Waals surface area contributed by atoms with Crippen molar-refractivity contribution in [2.45, 2.75) is 11.3 Å². The fourth-order valence-corrected chi connectivity index (χ4v) is 2.51. The van der Waals surface area contributed by atoms with Crippen LogP contribution < -0.4 is 5.32 Å². The van der Waals surface area contributed by atoms with Gasteiger partial charge >= 0.3 is 0 Å². The van der Waals surface area contributed by atoms with Gasteiger partial charge in [0, 0.05) is 19.4 Å². The van der Waals surface area contributed by atoms with Gasteiger partial charge in [0.15, 0.2) is 0 Å². The Morgan fingerprint density at radius 3 is 2.82 bits per heavy atom. The summed E-state index contributed by atoms with van der Waals surface area (Å²) < 4.78 is 29.9. The fourth-order valence-electron chi connectivity index (χ4n) is 1.37. The number of methoxy groups -OCH3 is 1. The number of hydrogen-bond donors (Lipinski definition) is 1. The standard InChI is InChI=1S/C12H18FNO2S/c1-16-9-8-14-7-4-10-17(15)12-6-3-2-5-11(12)13/h2-3,5-6,14H,4,7-10H2,1H3. The van der Waals surface area contributed by atoms with Crippen molar-refractivity contribution in [2.24, 2.45) is 0 Å². The molecule has 0 bridgehead atoms. The largest absolute Gasteiger partial charge is 0.383 e. The minimum Gasteiger partial charge on any atom is -0.383 e. The third-order valence-corrected chi connectivity index (χ3v) is 3.73. The number of hydrogen-bond acceptors (Lipinski definition) is 3. The summed E-state index contributed by atoms with van der Waals surface area (Å²) in [5, 5.41) is 3.15. The molecule has 0 saturated heterocycles. The molecule has 0 amide bonds. The predicted molar refractivity (Wildman–Crippen MR) is 67.0 cm³/mol. The molecule has 1 aromatic rings. The summed E-state index contributed by atoms with van der Waals surface area (Å²) in [5.74, 6) is 0.0826. The van der Waals surface area contributed by atoms with Crippen LogP contribution in [-0.2, 0) is 15.5 Å². The van der Waals surface area contributed by atoms with Crippen molar-refractivity contribution < 1.29 is 13.3 Å². The summed E-state index contributed by atoms with van der Waals surface area (Å²) in [6.45, 7) is 2.21. The van der Waals surface area contributed by atoms with E-state index in [0.717, 1.165) is 19.5 Å². The average molecular weight is 259 g/mol. The Hall–Kier alpha value is -0.780. The number of halogens is 1. The molecule has 17 heavy (non-hydrogen) atoms. The van der Waals surface area contributed by atoms with Crippen LogP contribution in [-0.4, -0.2) is 36.8 Å². The van der Waals surface area contributed by atoms with Crippen molar-refractivity contribution in [3.63, 3.8) is 0 Å². The highest BCUT2D eigenvalue weighted by Gasteiger charge is 2.08. The first-order valence-electron chi connectivity index (χ1n) is 5.58. The Labute approximate surface area is 104 Å². The molecular weight excluding hydrogens is 241 g/mol. The summed E-state index contributed by atoms with van der Waals surface area (Å²) in [6.07, 6.45) is 0.755. The smallest absolute Gasteiger partial charge is 0.139 e. The first-order chi connectivity index (χ1) is 8.25. The highest BCUT2D eigenvalue weighted by atomic mass is 32.2. The van der Waals surface area contributed by atoms with Crippen LogP contribution in [0.25, 0.3) is 0 Å². The first-order valence-corrected chi connectivity index (χ1v) is 6.90. The van der Waals surface area contributed by atoms with E-state index in [1.807, 2.05) is 0 Å². The topological polar surface area (TPSA) is 38.3 Å². The molecule has 1 aromatic carbocycles. The number of rotatable bonds is 8. The van der Waals surface area contributed by atoms with E-state index in [1.165, 1.54) is 6.07 Å². The molecule has 0 aliphatic rings. The fraction of sp³-hybridized carbons (Fsp3) is 0.500. The predicted octanol–water partition coefficient (Wildman–Crippen LogP) is 1.56. The summed E-state index contributed by atoms with van der Waals surface area (Å²) in [5.41, 5.74) is 0. The quantitative estimate of drug-likeness (QED) is 0.720. The van der Waals surface area contributed by atoms with Gasteiger partial charge < -0.3 is 10.1 Å². The zero-order chi connectivity index (χ0) is 12.5. The zero-order valence-electron chi connectivity index (χ0n) is 9.95. The van der Waals surface area contributed by atoms with Crippen molar-refractivity contribution in [1.29, 1.82) is 0 Å². The summed E-state index contributed by atoms with van der Waals surface area (Å²) in [7, 11) is 0.399. The van der Waals surface area contributed by atoms with E-state index in [-0.39, 0.29) is 0 Å². The highest BCUT2D eigenvalue weighted by Crippen LogP contribution is 2.11. The van der Waals surface area contributed by atoms with Crippen LogP contribution in [0.5, 0.6) is 0 Å². The number of benzene rings is 1. The minimum atomic E-state index is -1.25. The Morgan fingerprint density at radius 2 is 2.12 bits per heavy atom. The maximum absolute atomic E-state index is 13.3. The van der Waals surface area contributed by atoms with Crippen molar-refractivity contribution in [3.05, 3.63) is 30.1 Å². The molecule has 0 fully saturated rings. The third-order valence-electron chi connectivity index (χ3n) is 2.25. The second-order valence-electron chi connectivity index (χ2n) is 3.58. The first kappa shape index (κ1) is 14.3. The van der Waals surface area contributed by atoms with E-state index in [2.05, 4.69) is 5.32 Å². The molecule has 5 heteroatoms. The summed E-state index contributed by atoms with van der Waals surface area (Å²) in [6, 6.07) is 6.21. The van der Waals surface area contributed by atoms with Crippen molar-refractivity contribution in [1.82, 2.24) is 5.32 Å². The Bertz CT molecular complexity index is 360. The molecule has 0 heterocycles. The van der Waals surface area contributed by atoms with Gasteiger partial charge in [-0.2, -0.15) is 0 Å². The number of ether oxygens (including phenoxy) is 1. The highest BCUT2D eigenvalue weighted by molar-refractivity contribution is 7.85. The van der Waals surface area contributed by atoms with Gasteiger partial charge in [0.25, 0.3) is 0 Å². The molecule has 1 N–H and O–H groups in total. The lowest BCUT2D eigenvalue weighted by molar-refractivity contribution is 0.199. The lowest BCUT2D eigenvalue weighted by atomic mass is 10.3. The van der Waals surface area contributed by atoms with Crippen LogP contribution in [0.2, 0.25) is 0 Å². The van der Waals surface area contributed by atoms with Gasteiger partial charge in [-0.3, -0.25) is 4.21 Å². The Morgan fingerprint density at radius 1 is 1.35 bits per heavy atom. The lowest BCUT2D eigenvalue weighted by Gasteiger charge is -2.05. The monoisotopic (exact) mass is 259 g/mol. The lowest BCUT2D eigenvalue weighted by Crippen LogP contribution is -2.21. The van der Waals surface area contributed by atoms with Gasteiger partial charge in [-0.1, -0.05) is 12.1 Å². The second-order valence-corrected chi connectivity index (χ2v) is 5.12. The van der Waals surface area contributed by atoms with Crippen LogP contribution >= 0.6 is 0 Å². The summed E-state index contributed by atoms with van der Waals surface area (Å²) in [4.78, 5) is 0.296. The molecule has 0 spiro atoms. The van der Waals surface area contributed by atoms with E-state index in [9.17, 15) is 8.60 Å². The van der Waals surface area contributed by atoms with Crippen LogP contribution in [0, 0.1) is 5.82 Å². The van der Waals surface area contributed by atoms with Gasteiger partial charge in [-0.05, 0) is 25.1 Å². The number of nitrogens with one attached hydrogen (secondary N) is 1. The van der Waals surface area contributed by atoms with E-state index < -0.39 is 16.6 Å². The maximum atomic E-state index is 13.3. The van der Waals surface area contributed by atoms with E-state index in [0.29, 0.717) is 17.3 Å². The normalized spacial score (nSPS) is 12.6. The van der Waals surface area contributed by atoms with Crippen LogP contribution in [0.15, 0.2) is 29.2 Å². The van der Waals surface area contributed by atoms with Gasteiger partial charge in [-0.25, -0.2) is 4.39 Å². The molecule has 1 rings (SSSR count). The van der Waals surface area contributed by atoms with Gasteiger partial charge in [0.2, 0.25) is 0 Å². The van der Waals surface area contributed by atoms with Crippen molar-refractivity contribution in [3.8, 4) is 0 Å². The molecule has 0 aromatic heterocycles. The Balaban J connectivity index is 2.24. The molecule has 0 radical (unpaired) electrons. The summed E-state index contributed by atoms with van der Waals surface area (Å²) >= 11 is 0. The van der Waals surface area contributed by atoms with E-state index in [4.69, 9.17) is 4.74 Å². The van der Waals surface area contributed by atoms with Crippen LogP contribution in [0.3, 0.4) is 0 Å². The van der Waals surface area contributed by atoms with Gasteiger partial charge in [0.05, 0.1) is 22.3 Å². The molecule has 0 aliphatic carbocycles. The van der Waals surface area contributed by atoms with Crippen molar-refractivity contribution in [2.75, 3.05) is 32.6 Å².